The average molecular weight is 457 g/mol. The molecule has 31 heavy (non-hydrogen) atoms. The molecule has 0 bridgehead atoms. The molecule has 0 spiro atoms. The molecule has 4 rings (SSSR count). The molecular weight excluding hydrogens is 435 g/mol. The SMILES string of the molecule is Cc1cc(C)c(CN2CCc3c(Cl)cc(O)c(Cl)c3C2=O)c(OCc2ccccc2)n1. The third kappa shape index (κ3) is 4.34. The molecule has 160 valence electrons. The first-order chi connectivity index (χ1) is 14.8. The van der Waals surface area contributed by atoms with Crippen LogP contribution >= 0.6 is 23.2 Å². The molecular formula is C24H22Cl2N2O3. The summed E-state index contributed by atoms with van der Waals surface area (Å²) in [5, 5.41) is 10.4. The second kappa shape index (κ2) is 8.77. The van der Waals surface area contributed by atoms with Gasteiger partial charge in [0.25, 0.3) is 5.91 Å². The lowest BCUT2D eigenvalue weighted by Crippen LogP contribution is -2.37. The maximum Gasteiger partial charge on any atom is 0.256 e. The highest BCUT2D eigenvalue weighted by Gasteiger charge is 2.31. The Kier molecular flexibility index (Phi) is 6.08. The number of halogens is 2. The van der Waals surface area contributed by atoms with E-state index in [1.807, 2.05) is 50.2 Å². The minimum Gasteiger partial charge on any atom is -0.506 e. The number of amides is 1. The van der Waals surface area contributed by atoms with Crippen molar-refractivity contribution in [2.75, 3.05) is 6.54 Å². The smallest absolute Gasteiger partial charge is 0.256 e. The van der Waals surface area contributed by atoms with Crippen molar-refractivity contribution in [2.45, 2.75) is 33.4 Å². The third-order valence-electron chi connectivity index (χ3n) is 5.44. The van der Waals surface area contributed by atoms with E-state index in [9.17, 15) is 9.90 Å². The minimum absolute atomic E-state index is 0.0356. The number of carbonyl (C=O) groups excluding carboxylic acids is 1. The first-order valence-electron chi connectivity index (χ1n) is 9.98. The maximum atomic E-state index is 13.2. The van der Waals surface area contributed by atoms with Gasteiger partial charge in [0.1, 0.15) is 12.4 Å². The number of aromatic hydroxyl groups is 1. The average Bonchev–Trinajstić information content (AvgIpc) is 2.74. The number of carbonyl (C=O) groups is 1. The highest BCUT2D eigenvalue weighted by atomic mass is 35.5. The van der Waals surface area contributed by atoms with Crippen molar-refractivity contribution in [2.24, 2.45) is 0 Å². The van der Waals surface area contributed by atoms with Crippen molar-refractivity contribution >= 4 is 29.1 Å². The third-order valence-corrected chi connectivity index (χ3v) is 6.16. The summed E-state index contributed by atoms with van der Waals surface area (Å²) in [7, 11) is 0. The molecule has 0 fully saturated rings. The first kappa shape index (κ1) is 21.5. The maximum absolute atomic E-state index is 13.2. The number of aryl methyl sites for hydroxylation is 2. The van der Waals surface area contributed by atoms with Gasteiger partial charge in [0.05, 0.1) is 17.1 Å². The highest BCUT2D eigenvalue weighted by Crippen LogP contribution is 2.38. The lowest BCUT2D eigenvalue weighted by atomic mass is 9.97. The molecule has 1 aromatic heterocycles. The summed E-state index contributed by atoms with van der Waals surface area (Å²) < 4.78 is 6.06. The predicted octanol–water partition coefficient (Wildman–Crippen LogP) is 5.49. The summed E-state index contributed by atoms with van der Waals surface area (Å²) in [5.74, 6) is 0.0544. The van der Waals surface area contributed by atoms with Gasteiger partial charge in [-0.15, -0.1) is 0 Å². The van der Waals surface area contributed by atoms with Gasteiger partial charge >= 0.3 is 0 Å². The normalized spacial score (nSPS) is 13.3. The van der Waals surface area contributed by atoms with Crippen molar-refractivity contribution in [3.63, 3.8) is 0 Å². The summed E-state index contributed by atoms with van der Waals surface area (Å²) in [6, 6.07) is 13.2. The molecule has 0 atom stereocenters. The van der Waals surface area contributed by atoms with Crippen molar-refractivity contribution in [1.82, 2.24) is 9.88 Å². The number of phenolic OH excluding ortho intramolecular Hbond substituents is 1. The molecule has 0 saturated carbocycles. The van der Waals surface area contributed by atoms with Crippen LogP contribution in [0.15, 0.2) is 42.5 Å². The Bertz CT molecular complexity index is 1150. The van der Waals surface area contributed by atoms with Gasteiger partial charge in [0.2, 0.25) is 5.88 Å². The Morgan fingerprint density at radius 3 is 2.65 bits per heavy atom. The van der Waals surface area contributed by atoms with E-state index in [2.05, 4.69) is 4.98 Å². The zero-order valence-corrected chi connectivity index (χ0v) is 18.8. The van der Waals surface area contributed by atoms with Crippen LogP contribution in [0.3, 0.4) is 0 Å². The molecule has 1 N–H and O–H groups in total. The van der Waals surface area contributed by atoms with Gasteiger partial charge in [0.15, 0.2) is 0 Å². The van der Waals surface area contributed by atoms with Crippen LogP contribution in [-0.4, -0.2) is 27.4 Å². The number of benzene rings is 2. The van der Waals surface area contributed by atoms with Gasteiger partial charge in [-0.3, -0.25) is 4.79 Å². The lowest BCUT2D eigenvalue weighted by Gasteiger charge is -2.31. The molecule has 1 aliphatic heterocycles. The second-order valence-electron chi connectivity index (χ2n) is 7.66. The molecule has 3 aromatic rings. The summed E-state index contributed by atoms with van der Waals surface area (Å²) >= 11 is 12.5. The number of aromatic nitrogens is 1. The number of fused-ring (bicyclic) bond motifs is 1. The van der Waals surface area contributed by atoms with Crippen molar-refractivity contribution in [3.05, 3.63) is 86.0 Å². The Hall–Kier alpha value is -2.76. The van der Waals surface area contributed by atoms with E-state index in [4.69, 9.17) is 27.9 Å². The number of hydrogen-bond donors (Lipinski definition) is 1. The molecule has 2 aromatic carbocycles. The summed E-state index contributed by atoms with van der Waals surface area (Å²) in [6.45, 7) is 5.09. The van der Waals surface area contributed by atoms with Gasteiger partial charge in [-0.2, -0.15) is 0 Å². The van der Waals surface area contributed by atoms with Gasteiger partial charge in [-0.25, -0.2) is 4.98 Å². The quantitative estimate of drug-likeness (QED) is 0.551. The second-order valence-corrected chi connectivity index (χ2v) is 8.45. The molecule has 2 heterocycles. The number of phenols is 1. The van der Waals surface area contributed by atoms with Crippen LogP contribution in [0.4, 0.5) is 0 Å². The molecule has 1 aliphatic rings. The summed E-state index contributed by atoms with van der Waals surface area (Å²) in [6.07, 6.45) is 0.554. The Balaban J connectivity index is 1.63. The van der Waals surface area contributed by atoms with Crippen LogP contribution in [-0.2, 0) is 19.6 Å². The van der Waals surface area contributed by atoms with E-state index >= 15 is 0 Å². The van der Waals surface area contributed by atoms with Crippen LogP contribution < -0.4 is 4.74 Å². The topological polar surface area (TPSA) is 62.7 Å². The van der Waals surface area contributed by atoms with Crippen molar-refractivity contribution in [3.8, 4) is 11.6 Å². The number of pyridine rings is 1. The zero-order chi connectivity index (χ0) is 22.1. The van der Waals surface area contributed by atoms with E-state index in [-0.39, 0.29) is 22.2 Å². The summed E-state index contributed by atoms with van der Waals surface area (Å²) in [4.78, 5) is 19.5. The fourth-order valence-corrected chi connectivity index (χ4v) is 4.37. The number of rotatable bonds is 5. The minimum atomic E-state index is -0.266. The lowest BCUT2D eigenvalue weighted by molar-refractivity contribution is 0.0724. The zero-order valence-electron chi connectivity index (χ0n) is 17.3. The highest BCUT2D eigenvalue weighted by molar-refractivity contribution is 6.38. The van der Waals surface area contributed by atoms with Gasteiger partial charge in [0, 0.05) is 28.9 Å². The van der Waals surface area contributed by atoms with E-state index in [1.54, 1.807) is 4.90 Å². The fourth-order valence-electron chi connectivity index (χ4n) is 3.83. The van der Waals surface area contributed by atoms with Crippen LogP contribution in [0.1, 0.15) is 38.3 Å². The van der Waals surface area contributed by atoms with Crippen LogP contribution in [0.2, 0.25) is 10.0 Å². The standard InChI is InChI=1S/C24H22Cl2N2O3/c1-14-10-15(2)27-23(31-13-16-6-4-3-5-7-16)18(14)12-28-9-8-17-19(25)11-20(29)22(26)21(17)24(28)30/h3-7,10-11,29H,8-9,12-13H2,1-2H3. The molecule has 0 radical (unpaired) electrons. The van der Waals surface area contributed by atoms with E-state index in [0.29, 0.717) is 42.6 Å². The molecule has 7 heteroatoms. The van der Waals surface area contributed by atoms with Crippen LogP contribution in [0, 0.1) is 13.8 Å². The molecule has 0 aliphatic carbocycles. The van der Waals surface area contributed by atoms with Crippen LogP contribution in [0.5, 0.6) is 11.6 Å². The van der Waals surface area contributed by atoms with Crippen molar-refractivity contribution < 1.29 is 14.6 Å². The van der Waals surface area contributed by atoms with Gasteiger partial charge < -0.3 is 14.7 Å². The molecule has 5 nitrogen and oxygen atoms in total. The fraction of sp³-hybridized carbons (Fsp3) is 0.250. The predicted molar refractivity (Wildman–Crippen MR) is 121 cm³/mol. The van der Waals surface area contributed by atoms with Gasteiger partial charge in [-0.05, 0) is 43.0 Å². The number of ether oxygens (including phenoxy) is 1. The molecule has 0 saturated heterocycles. The Morgan fingerprint density at radius 2 is 1.90 bits per heavy atom. The van der Waals surface area contributed by atoms with Crippen LogP contribution in [0.25, 0.3) is 0 Å². The van der Waals surface area contributed by atoms with E-state index in [0.717, 1.165) is 22.4 Å². The molecule has 1 amide bonds. The van der Waals surface area contributed by atoms with Gasteiger partial charge in [-0.1, -0.05) is 53.5 Å². The van der Waals surface area contributed by atoms with E-state index in [1.165, 1.54) is 6.07 Å². The van der Waals surface area contributed by atoms with Crippen molar-refractivity contribution in [1.29, 1.82) is 0 Å². The number of hydrogen-bond acceptors (Lipinski definition) is 4. The molecule has 0 unspecified atom stereocenters. The largest absolute Gasteiger partial charge is 0.506 e. The monoisotopic (exact) mass is 456 g/mol. The Labute approximate surface area is 191 Å². The number of nitrogens with zero attached hydrogens (tertiary/aromatic N) is 2. The Morgan fingerprint density at radius 1 is 1.16 bits per heavy atom. The summed E-state index contributed by atoms with van der Waals surface area (Å²) in [5.41, 5.74) is 4.66. The first-order valence-corrected chi connectivity index (χ1v) is 10.7. The van der Waals surface area contributed by atoms with E-state index < -0.39 is 0 Å².